The topological polar surface area (TPSA) is 92.7 Å². The third kappa shape index (κ3) is 4.17. The molecule has 6 nitrogen and oxygen atoms in total. The van der Waals surface area contributed by atoms with Crippen molar-refractivity contribution in [2.24, 2.45) is 0 Å². The van der Waals surface area contributed by atoms with E-state index in [-0.39, 0.29) is 12.2 Å². The lowest BCUT2D eigenvalue weighted by atomic mass is 10.2. The van der Waals surface area contributed by atoms with Gasteiger partial charge in [0, 0.05) is 11.3 Å². The summed E-state index contributed by atoms with van der Waals surface area (Å²) in [4.78, 5) is 33.1. The van der Waals surface area contributed by atoms with Crippen LogP contribution in [0.25, 0.3) is 0 Å². The van der Waals surface area contributed by atoms with Crippen LogP contribution in [0.1, 0.15) is 20.7 Å². The lowest BCUT2D eigenvalue weighted by Gasteiger charge is -2.08. The average molecular weight is 299 g/mol. The van der Waals surface area contributed by atoms with E-state index in [1.54, 1.807) is 30.3 Å². The summed E-state index contributed by atoms with van der Waals surface area (Å²) in [5.41, 5.74) is 0.982. The molecule has 0 atom stereocenters. The van der Waals surface area contributed by atoms with Crippen LogP contribution in [0.5, 0.6) is 5.75 Å². The van der Waals surface area contributed by atoms with Crippen molar-refractivity contribution in [2.45, 2.75) is 0 Å². The van der Waals surface area contributed by atoms with Crippen LogP contribution in [0.2, 0.25) is 0 Å². The number of nitrogens with one attached hydrogen (secondary N) is 1. The Balaban J connectivity index is 1.91. The number of benzene rings is 2. The number of ether oxygens (including phenoxy) is 1. The predicted molar refractivity (Wildman–Crippen MR) is 79.4 cm³/mol. The van der Waals surface area contributed by atoms with Gasteiger partial charge in [0.15, 0.2) is 6.61 Å². The first-order valence-electron chi connectivity index (χ1n) is 6.40. The van der Waals surface area contributed by atoms with Crippen molar-refractivity contribution in [3.05, 3.63) is 59.7 Å². The fourth-order valence-electron chi connectivity index (χ4n) is 1.72. The highest BCUT2D eigenvalue weighted by Crippen LogP contribution is 2.12. The molecule has 0 fully saturated rings. The predicted octanol–water partition coefficient (Wildman–Crippen LogP) is 2.21. The lowest BCUT2D eigenvalue weighted by Crippen LogP contribution is -2.20. The van der Waals surface area contributed by atoms with Gasteiger partial charge in [0.2, 0.25) is 0 Å². The van der Waals surface area contributed by atoms with Crippen molar-refractivity contribution in [2.75, 3.05) is 11.9 Å². The summed E-state index contributed by atoms with van der Waals surface area (Å²) in [5.74, 6) is -1.02. The molecule has 2 aromatic rings. The molecule has 112 valence electrons. The fraction of sp³-hybridized carbons (Fsp3) is 0.0625. The SMILES string of the molecule is O=Cc1ccc(OCC(=O)Nc2cccc(C(=O)O)c2)cc1. The monoisotopic (exact) mass is 299 g/mol. The molecule has 0 aromatic heterocycles. The molecule has 2 rings (SSSR count). The van der Waals surface area contributed by atoms with E-state index in [0.717, 1.165) is 0 Å². The zero-order chi connectivity index (χ0) is 15.9. The first-order chi connectivity index (χ1) is 10.6. The maximum atomic E-state index is 11.8. The van der Waals surface area contributed by atoms with Crippen molar-refractivity contribution < 1.29 is 24.2 Å². The molecule has 2 N–H and O–H groups in total. The number of hydrogen-bond donors (Lipinski definition) is 2. The average Bonchev–Trinajstić information content (AvgIpc) is 2.53. The Morgan fingerprint density at radius 2 is 1.86 bits per heavy atom. The van der Waals surface area contributed by atoms with Gasteiger partial charge in [-0.2, -0.15) is 0 Å². The highest BCUT2D eigenvalue weighted by Gasteiger charge is 2.07. The van der Waals surface area contributed by atoms with Crippen molar-refractivity contribution in [3.63, 3.8) is 0 Å². The van der Waals surface area contributed by atoms with Gasteiger partial charge in [0.25, 0.3) is 5.91 Å². The number of anilines is 1. The number of carboxylic acids is 1. The molecule has 0 saturated carbocycles. The van der Waals surface area contributed by atoms with Crippen LogP contribution < -0.4 is 10.1 Å². The van der Waals surface area contributed by atoms with Crippen LogP contribution in [0.15, 0.2) is 48.5 Å². The minimum absolute atomic E-state index is 0.0863. The molecule has 0 saturated heterocycles. The van der Waals surface area contributed by atoms with Gasteiger partial charge < -0.3 is 15.2 Å². The molecule has 1 amide bonds. The molecule has 22 heavy (non-hydrogen) atoms. The number of aromatic carboxylic acids is 1. The maximum absolute atomic E-state index is 11.8. The van der Waals surface area contributed by atoms with Crippen LogP contribution in [0, 0.1) is 0 Å². The van der Waals surface area contributed by atoms with Gasteiger partial charge in [-0.1, -0.05) is 6.07 Å². The number of hydrogen-bond acceptors (Lipinski definition) is 4. The van der Waals surface area contributed by atoms with E-state index in [2.05, 4.69) is 5.32 Å². The second-order valence-electron chi connectivity index (χ2n) is 4.41. The van der Waals surface area contributed by atoms with E-state index in [9.17, 15) is 14.4 Å². The molecular weight excluding hydrogens is 286 g/mol. The zero-order valence-electron chi connectivity index (χ0n) is 11.5. The Kier molecular flexibility index (Phi) is 4.87. The molecular formula is C16H13NO5. The van der Waals surface area contributed by atoms with Crippen molar-refractivity contribution in [1.82, 2.24) is 0 Å². The van der Waals surface area contributed by atoms with Gasteiger partial charge in [-0.25, -0.2) is 4.79 Å². The van der Waals surface area contributed by atoms with E-state index in [4.69, 9.17) is 9.84 Å². The summed E-state index contributed by atoms with van der Waals surface area (Å²) < 4.78 is 5.27. The molecule has 0 unspecified atom stereocenters. The van der Waals surface area contributed by atoms with Gasteiger partial charge in [-0.15, -0.1) is 0 Å². The van der Waals surface area contributed by atoms with E-state index in [0.29, 0.717) is 23.3 Å². The first kappa shape index (κ1) is 15.2. The summed E-state index contributed by atoms with van der Waals surface area (Å²) in [7, 11) is 0. The van der Waals surface area contributed by atoms with Crippen molar-refractivity contribution in [3.8, 4) is 5.75 Å². The van der Waals surface area contributed by atoms with E-state index in [1.165, 1.54) is 18.2 Å². The summed E-state index contributed by atoms with van der Waals surface area (Å²) in [6.45, 7) is -0.224. The smallest absolute Gasteiger partial charge is 0.335 e. The van der Waals surface area contributed by atoms with E-state index >= 15 is 0 Å². The third-order valence-electron chi connectivity index (χ3n) is 2.78. The fourth-order valence-corrected chi connectivity index (χ4v) is 1.72. The summed E-state index contributed by atoms with van der Waals surface area (Å²) in [6, 6.07) is 12.3. The standard InChI is InChI=1S/C16H13NO5/c18-9-11-4-6-14(7-5-11)22-10-15(19)17-13-3-1-2-12(8-13)16(20)21/h1-9H,10H2,(H,17,19)(H,20,21). The number of carbonyl (C=O) groups is 3. The largest absolute Gasteiger partial charge is 0.484 e. The quantitative estimate of drug-likeness (QED) is 0.798. The Hall–Kier alpha value is -3.15. The number of carbonyl (C=O) groups excluding carboxylic acids is 2. The Bertz CT molecular complexity index is 694. The molecule has 0 spiro atoms. The molecule has 0 aliphatic carbocycles. The van der Waals surface area contributed by atoms with Gasteiger partial charge in [-0.3, -0.25) is 9.59 Å². The normalized spacial score (nSPS) is 9.82. The Morgan fingerprint density at radius 1 is 1.14 bits per heavy atom. The summed E-state index contributed by atoms with van der Waals surface area (Å²) >= 11 is 0. The minimum atomic E-state index is -1.07. The molecule has 2 aromatic carbocycles. The molecule has 0 aliphatic rings. The van der Waals surface area contributed by atoms with Crippen molar-refractivity contribution >= 4 is 23.9 Å². The number of aldehydes is 1. The molecule has 6 heteroatoms. The van der Waals surface area contributed by atoms with Gasteiger partial charge >= 0.3 is 5.97 Å². The third-order valence-corrected chi connectivity index (χ3v) is 2.78. The van der Waals surface area contributed by atoms with Crippen molar-refractivity contribution in [1.29, 1.82) is 0 Å². The number of rotatable bonds is 6. The van der Waals surface area contributed by atoms with Crippen LogP contribution in [0.4, 0.5) is 5.69 Å². The van der Waals surface area contributed by atoms with Gasteiger partial charge in [-0.05, 0) is 42.5 Å². The zero-order valence-corrected chi connectivity index (χ0v) is 11.5. The highest BCUT2D eigenvalue weighted by atomic mass is 16.5. The Labute approximate surface area is 126 Å². The van der Waals surface area contributed by atoms with Crippen LogP contribution in [-0.4, -0.2) is 29.9 Å². The molecule has 0 radical (unpaired) electrons. The van der Waals surface area contributed by atoms with Crippen LogP contribution in [0.3, 0.4) is 0 Å². The number of carboxylic acid groups (broad SMARTS) is 1. The first-order valence-corrected chi connectivity index (χ1v) is 6.40. The van der Waals surface area contributed by atoms with Gasteiger partial charge in [0.05, 0.1) is 5.56 Å². The molecule has 0 aliphatic heterocycles. The second kappa shape index (κ2) is 7.03. The summed E-state index contributed by atoms with van der Waals surface area (Å²) in [5, 5.41) is 11.4. The van der Waals surface area contributed by atoms with Gasteiger partial charge in [0.1, 0.15) is 12.0 Å². The number of amides is 1. The minimum Gasteiger partial charge on any atom is -0.484 e. The summed E-state index contributed by atoms with van der Waals surface area (Å²) in [6.07, 6.45) is 0.714. The van der Waals surface area contributed by atoms with E-state index < -0.39 is 11.9 Å². The highest BCUT2D eigenvalue weighted by molar-refractivity contribution is 5.94. The second-order valence-corrected chi connectivity index (χ2v) is 4.41. The van der Waals surface area contributed by atoms with Crippen LogP contribution in [-0.2, 0) is 4.79 Å². The molecule has 0 bridgehead atoms. The molecule has 0 heterocycles. The van der Waals surface area contributed by atoms with E-state index in [1.807, 2.05) is 0 Å². The Morgan fingerprint density at radius 3 is 2.50 bits per heavy atom. The maximum Gasteiger partial charge on any atom is 0.335 e. The lowest BCUT2D eigenvalue weighted by molar-refractivity contribution is -0.118. The van der Waals surface area contributed by atoms with Crippen LogP contribution >= 0.6 is 0 Å².